The summed E-state index contributed by atoms with van der Waals surface area (Å²) < 4.78 is 0. The second-order valence-electron chi connectivity index (χ2n) is 4.95. The number of para-hydroxylation sites is 1. The number of hydrogen-bond donors (Lipinski definition) is 2. The Balaban J connectivity index is 2.41. The lowest BCUT2D eigenvalue weighted by Gasteiger charge is -2.15. The summed E-state index contributed by atoms with van der Waals surface area (Å²) in [5, 5.41) is 0. The molecule has 0 aliphatic carbocycles. The van der Waals surface area contributed by atoms with E-state index in [-0.39, 0.29) is 0 Å². The highest BCUT2D eigenvalue weighted by Gasteiger charge is 2.10. The zero-order valence-corrected chi connectivity index (χ0v) is 11.2. The van der Waals surface area contributed by atoms with Crippen molar-refractivity contribution in [1.82, 2.24) is 0 Å². The van der Waals surface area contributed by atoms with E-state index in [1.807, 2.05) is 12.1 Å². The molecule has 4 N–H and O–H groups in total. The van der Waals surface area contributed by atoms with Gasteiger partial charge in [-0.3, -0.25) is 0 Å². The van der Waals surface area contributed by atoms with Crippen molar-refractivity contribution in [3.05, 3.63) is 23.8 Å². The second-order valence-corrected chi connectivity index (χ2v) is 4.95. The van der Waals surface area contributed by atoms with Crippen LogP contribution in [0.1, 0.15) is 63.9 Å². The summed E-state index contributed by atoms with van der Waals surface area (Å²) in [6, 6.07) is 5.96. The number of anilines is 2. The van der Waals surface area contributed by atoms with Gasteiger partial charge >= 0.3 is 0 Å². The van der Waals surface area contributed by atoms with E-state index in [1.165, 1.54) is 44.1 Å². The molecule has 0 bridgehead atoms. The highest BCUT2D eigenvalue weighted by atomic mass is 14.7. The Morgan fingerprint density at radius 3 is 2.47 bits per heavy atom. The van der Waals surface area contributed by atoms with Gasteiger partial charge in [-0.15, -0.1) is 0 Å². The summed E-state index contributed by atoms with van der Waals surface area (Å²) >= 11 is 0. The molecule has 1 aromatic carbocycles. The molecule has 0 spiro atoms. The summed E-state index contributed by atoms with van der Waals surface area (Å²) in [6.07, 6.45) is 7.84. The molecule has 0 aromatic heterocycles. The number of benzene rings is 1. The molecule has 1 rings (SSSR count). The van der Waals surface area contributed by atoms with Crippen LogP contribution in [0.5, 0.6) is 0 Å². The van der Waals surface area contributed by atoms with Crippen molar-refractivity contribution in [3.8, 4) is 0 Å². The van der Waals surface area contributed by atoms with Gasteiger partial charge < -0.3 is 11.5 Å². The lowest BCUT2D eigenvalue weighted by Crippen LogP contribution is -2.03. The van der Waals surface area contributed by atoms with Gasteiger partial charge in [-0.25, -0.2) is 0 Å². The van der Waals surface area contributed by atoms with Gasteiger partial charge in [0.15, 0.2) is 0 Å². The third-order valence-electron chi connectivity index (χ3n) is 3.45. The van der Waals surface area contributed by atoms with E-state index < -0.39 is 0 Å². The SMILES string of the molecule is CCCCCCCC(C)c1cccc(N)c1N. The first-order valence-electron chi connectivity index (χ1n) is 6.80. The van der Waals surface area contributed by atoms with E-state index in [1.54, 1.807) is 0 Å². The van der Waals surface area contributed by atoms with Gasteiger partial charge in [0.1, 0.15) is 0 Å². The fourth-order valence-corrected chi connectivity index (χ4v) is 2.24. The second kappa shape index (κ2) is 7.21. The van der Waals surface area contributed by atoms with Crippen LogP contribution in [0.3, 0.4) is 0 Å². The number of rotatable bonds is 7. The van der Waals surface area contributed by atoms with E-state index in [9.17, 15) is 0 Å². The Bertz CT molecular complexity index is 334. The van der Waals surface area contributed by atoms with E-state index in [0.29, 0.717) is 11.6 Å². The third-order valence-corrected chi connectivity index (χ3v) is 3.45. The molecule has 1 unspecified atom stereocenters. The van der Waals surface area contributed by atoms with Gasteiger partial charge in [0.25, 0.3) is 0 Å². The van der Waals surface area contributed by atoms with Crippen molar-refractivity contribution in [2.45, 2.75) is 58.3 Å². The van der Waals surface area contributed by atoms with Crippen LogP contribution in [0.15, 0.2) is 18.2 Å². The Hall–Kier alpha value is -1.18. The quantitative estimate of drug-likeness (QED) is 0.545. The molecule has 2 nitrogen and oxygen atoms in total. The molecule has 0 aliphatic heterocycles. The largest absolute Gasteiger partial charge is 0.397 e. The maximum atomic E-state index is 6.01. The smallest absolute Gasteiger partial charge is 0.0583 e. The van der Waals surface area contributed by atoms with Crippen LogP contribution in [0.4, 0.5) is 11.4 Å². The van der Waals surface area contributed by atoms with Gasteiger partial charge in [-0.05, 0) is 24.0 Å². The molecule has 0 fully saturated rings. The van der Waals surface area contributed by atoms with Crippen molar-refractivity contribution < 1.29 is 0 Å². The zero-order chi connectivity index (χ0) is 12.7. The minimum Gasteiger partial charge on any atom is -0.397 e. The molecule has 1 aromatic rings. The van der Waals surface area contributed by atoms with E-state index in [4.69, 9.17) is 11.5 Å². The van der Waals surface area contributed by atoms with Gasteiger partial charge in [-0.2, -0.15) is 0 Å². The lowest BCUT2D eigenvalue weighted by atomic mass is 9.93. The molecular formula is C15H26N2. The Kier molecular flexibility index (Phi) is 5.88. The molecule has 17 heavy (non-hydrogen) atoms. The first-order valence-corrected chi connectivity index (χ1v) is 6.80. The Labute approximate surface area is 105 Å². The summed E-state index contributed by atoms with van der Waals surface area (Å²) in [4.78, 5) is 0. The van der Waals surface area contributed by atoms with Crippen molar-refractivity contribution in [2.24, 2.45) is 0 Å². The lowest BCUT2D eigenvalue weighted by molar-refractivity contribution is 0.567. The predicted molar refractivity (Wildman–Crippen MR) is 77.1 cm³/mol. The first-order chi connectivity index (χ1) is 8.16. The Morgan fingerprint density at radius 1 is 1.06 bits per heavy atom. The van der Waals surface area contributed by atoms with E-state index in [2.05, 4.69) is 19.9 Å². The summed E-state index contributed by atoms with van der Waals surface area (Å²) in [5.41, 5.74) is 14.5. The highest BCUT2D eigenvalue weighted by molar-refractivity contribution is 5.67. The van der Waals surface area contributed by atoms with Crippen LogP contribution in [-0.4, -0.2) is 0 Å². The van der Waals surface area contributed by atoms with Gasteiger partial charge in [0, 0.05) is 0 Å². The molecule has 0 amide bonds. The average molecular weight is 234 g/mol. The van der Waals surface area contributed by atoms with Crippen LogP contribution in [0.25, 0.3) is 0 Å². The van der Waals surface area contributed by atoms with Gasteiger partial charge in [0.2, 0.25) is 0 Å². The summed E-state index contributed by atoms with van der Waals surface area (Å²) in [5.74, 6) is 0.514. The van der Waals surface area contributed by atoms with Crippen LogP contribution >= 0.6 is 0 Å². The molecule has 2 heteroatoms. The van der Waals surface area contributed by atoms with Gasteiger partial charge in [-0.1, -0.05) is 58.1 Å². The fourth-order valence-electron chi connectivity index (χ4n) is 2.24. The van der Waals surface area contributed by atoms with Crippen LogP contribution in [0.2, 0.25) is 0 Å². The van der Waals surface area contributed by atoms with E-state index >= 15 is 0 Å². The van der Waals surface area contributed by atoms with Crippen molar-refractivity contribution in [3.63, 3.8) is 0 Å². The van der Waals surface area contributed by atoms with Crippen molar-refractivity contribution >= 4 is 11.4 Å². The minimum absolute atomic E-state index is 0.514. The minimum atomic E-state index is 0.514. The van der Waals surface area contributed by atoms with Crippen LogP contribution in [-0.2, 0) is 0 Å². The van der Waals surface area contributed by atoms with Gasteiger partial charge in [0.05, 0.1) is 11.4 Å². The standard InChI is InChI=1S/C15H26N2/c1-3-4-5-6-7-9-12(2)13-10-8-11-14(16)15(13)17/h8,10-12H,3-7,9,16-17H2,1-2H3. The monoisotopic (exact) mass is 234 g/mol. The number of hydrogen-bond acceptors (Lipinski definition) is 2. The first kappa shape index (κ1) is 13.9. The highest BCUT2D eigenvalue weighted by Crippen LogP contribution is 2.30. The summed E-state index contributed by atoms with van der Waals surface area (Å²) in [7, 11) is 0. The number of nitrogen functional groups attached to an aromatic ring is 2. The molecular weight excluding hydrogens is 208 g/mol. The maximum Gasteiger partial charge on any atom is 0.0583 e. The Morgan fingerprint density at radius 2 is 1.76 bits per heavy atom. The average Bonchev–Trinajstić information content (AvgIpc) is 2.32. The predicted octanol–water partition coefficient (Wildman–Crippen LogP) is 4.32. The summed E-state index contributed by atoms with van der Waals surface area (Å²) in [6.45, 7) is 4.49. The fraction of sp³-hybridized carbons (Fsp3) is 0.600. The van der Waals surface area contributed by atoms with Crippen LogP contribution < -0.4 is 11.5 Å². The number of unbranched alkanes of at least 4 members (excludes halogenated alkanes) is 4. The molecule has 0 heterocycles. The molecule has 0 radical (unpaired) electrons. The molecule has 0 saturated heterocycles. The molecule has 1 atom stereocenters. The molecule has 0 saturated carbocycles. The van der Waals surface area contributed by atoms with Crippen molar-refractivity contribution in [2.75, 3.05) is 11.5 Å². The molecule has 0 aliphatic rings. The number of nitrogens with two attached hydrogens (primary N) is 2. The zero-order valence-electron chi connectivity index (χ0n) is 11.2. The topological polar surface area (TPSA) is 52.0 Å². The third kappa shape index (κ3) is 4.29. The van der Waals surface area contributed by atoms with E-state index in [0.717, 1.165) is 5.69 Å². The normalized spacial score (nSPS) is 12.6. The van der Waals surface area contributed by atoms with Crippen molar-refractivity contribution in [1.29, 1.82) is 0 Å². The molecule has 96 valence electrons. The van der Waals surface area contributed by atoms with Crippen LogP contribution in [0, 0.1) is 0 Å². The maximum absolute atomic E-state index is 6.01.